The molecule has 0 radical (unpaired) electrons. The van der Waals surface area contributed by atoms with Crippen molar-refractivity contribution in [2.24, 2.45) is 7.05 Å². The van der Waals surface area contributed by atoms with E-state index >= 15 is 0 Å². The SMILES string of the molecule is CCn1c(=O)c(-c2ccc(-c3cnn(C)c3)cc2Cl)cc2cnc(Nc3ccc(N4CCN(C)CC4)cc3)nc21. The maximum absolute atomic E-state index is 13.6. The van der Waals surface area contributed by atoms with E-state index in [4.69, 9.17) is 16.6 Å². The number of pyridine rings is 1. The highest BCUT2D eigenvalue weighted by Gasteiger charge is 2.17. The van der Waals surface area contributed by atoms with Crippen molar-refractivity contribution in [3.05, 3.63) is 82.5 Å². The number of aryl methyl sites for hydroxylation is 2. The van der Waals surface area contributed by atoms with Crippen molar-refractivity contribution < 1.29 is 0 Å². The van der Waals surface area contributed by atoms with Crippen LogP contribution in [0.4, 0.5) is 17.3 Å². The van der Waals surface area contributed by atoms with Gasteiger partial charge in [-0.3, -0.25) is 14.0 Å². The van der Waals surface area contributed by atoms with E-state index in [0.29, 0.717) is 34.3 Å². The minimum absolute atomic E-state index is 0.146. The van der Waals surface area contributed by atoms with Crippen LogP contribution in [0.3, 0.4) is 0 Å². The first-order valence-corrected chi connectivity index (χ1v) is 13.8. The summed E-state index contributed by atoms with van der Waals surface area (Å²) in [6.45, 7) is 6.57. The van der Waals surface area contributed by atoms with Crippen LogP contribution in [0.5, 0.6) is 0 Å². The highest BCUT2D eigenvalue weighted by Crippen LogP contribution is 2.32. The van der Waals surface area contributed by atoms with E-state index in [0.717, 1.165) is 48.4 Å². The molecular formula is C30H31ClN8O. The molecule has 4 heterocycles. The van der Waals surface area contributed by atoms with Crippen molar-refractivity contribution >= 4 is 40.0 Å². The van der Waals surface area contributed by atoms with Gasteiger partial charge < -0.3 is 15.1 Å². The lowest BCUT2D eigenvalue weighted by Crippen LogP contribution is -2.44. The first-order chi connectivity index (χ1) is 19.4. The predicted octanol–water partition coefficient (Wildman–Crippen LogP) is 5.03. The van der Waals surface area contributed by atoms with Crippen LogP contribution in [-0.4, -0.2) is 62.4 Å². The monoisotopic (exact) mass is 554 g/mol. The number of hydrogen-bond acceptors (Lipinski definition) is 7. The standard InChI is InChI=1S/C30H31ClN8O/c1-4-39-28-21(15-26(29(39)40)25-10-5-20(16-27(25)31)22-18-33-37(3)19-22)17-32-30(35-28)34-23-6-8-24(9-7-23)38-13-11-36(2)12-14-38/h5-10,15-19H,4,11-14H2,1-3H3,(H,32,34,35). The molecule has 0 unspecified atom stereocenters. The largest absolute Gasteiger partial charge is 0.369 e. The first-order valence-electron chi connectivity index (χ1n) is 13.4. The van der Waals surface area contributed by atoms with Gasteiger partial charge in [-0.25, -0.2) is 4.98 Å². The third kappa shape index (κ3) is 5.05. The van der Waals surface area contributed by atoms with Gasteiger partial charge in [-0.2, -0.15) is 10.1 Å². The molecule has 1 aliphatic heterocycles. The number of likely N-dealkylation sites (N-methyl/N-ethyl adjacent to an activating group) is 1. The van der Waals surface area contributed by atoms with E-state index < -0.39 is 0 Å². The van der Waals surface area contributed by atoms with Crippen LogP contribution < -0.4 is 15.8 Å². The van der Waals surface area contributed by atoms with E-state index in [1.807, 2.05) is 56.6 Å². The minimum Gasteiger partial charge on any atom is -0.369 e. The summed E-state index contributed by atoms with van der Waals surface area (Å²) in [7, 11) is 4.03. The smallest absolute Gasteiger partial charge is 0.260 e. The number of benzene rings is 2. The van der Waals surface area contributed by atoms with Gasteiger partial charge in [0.2, 0.25) is 5.95 Å². The summed E-state index contributed by atoms with van der Waals surface area (Å²) in [6.07, 6.45) is 5.46. The van der Waals surface area contributed by atoms with Gasteiger partial charge in [-0.15, -0.1) is 0 Å². The summed E-state index contributed by atoms with van der Waals surface area (Å²) in [5.74, 6) is 0.438. The summed E-state index contributed by atoms with van der Waals surface area (Å²) >= 11 is 6.70. The summed E-state index contributed by atoms with van der Waals surface area (Å²) in [5, 5.41) is 8.78. The van der Waals surface area contributed by atoms with Crippen molar-refractivity contribution in [1.82, 2.24) is 29.2 Å². The zero-order chi connectivity index (χ0) is 27.8. The molecule has 0 bridgehead atoms. The van der Waals surface area contributed by atoms with E-state index in [1.54, 1.807) is 21.6 Å². The third-order valence-corrected chi connectivity index (χ3v) is 7.75. The molecule has 40 heavy (non-hydrogen) atoms. The Morgan fingerprint density at radius 2 is 1.70 bits per heavy atom. The van der Waals surface area contributed by atoms with Crippen molar-refractivity contribution in [2.45, 2.75) is 13.5 Å². The molecule has 10 heteroatoms. The summed E-state index contributed by atoms with van der Waals surface area (Å²) < 4.78 is 3.41. The Morgan fingerprint density at radius 3 is 2.38 bits per heavy atom. The lowest BCUT2D eigenvalue weighted by molar-refractivity contribution is 0.313. The van der Waals surface area contributed by atoms with E-state index in [1.165, 1.54) is 5.69 Å². The van der Waals surface area contributed by atoms with Crippen LogP contribution in [0.25, 0.3) is 33.3 Å². The molecule has 3 aromatic heterocycles. The van der Waals surface area contributed by atoms with Crippen molar-refractivity contribution in [3.63, 3.8) is 0 Å². The molecule has 204 valence electrons. The Hall–Kier alpha value is -4.21. The molecule has 0 saturated carbocycles. The minimum atomic E-state index is -0.146. The fourth-order valence-electron chi connectivity index (χ4n) is 5.14. The lowest BCUT2D eigenvalue weighted by atomic mass is 10.0. The van der Waals surface area contributed by atoms with E-state index in [-0.39, 0.29) is 5.56 Å². The zero-order valence-electron chi connectivity index (χ0n) is 22.8. The van der Waals surface area contributed by atoms with Crippen LogP contribution in [0.15, 0.2) is 71.9 Å². The van der Waals surface area contributed by atoms with Crippen LogP contribution in [0.2, 0.25) is 5.02 Å². The van der Waals surface area contributed by atoms with Gasteiger partial charge in [0.1, 0.15) is 5.65 Å². The topological polar surface area (TPSA) is 84.1 Å². The molecule has 1 fully saturated rings. The number of piperazine rings is 1. The third-order valence-electron chi connectivity index (χ3n) is 7.43. The van der Waals surface area contributed by atoms with Gasteiger partial charge >= 0.3 is 0 Å². The second-order valence-electron chi connectivity index (χ2n) is 10.1. The summed E-state index contributed by atoms with van der Waals surface area (Å²) in [6, 6.07) is 15.8. The number of rotatable bonds is 6. The molecule has 1 aliphatic rings. The van der Waals surface area contributed by atoms with Gasteiger partial charge in [0.05, 0.1) is 6.20 Å². The number of hydrogen-bond donors (Lipinski definition) is 1. The van der Waals surface area contributed by atoms with E-state index in [2.05, 4.69) is 44.4 Å². The van der Waals surface area contributed by atoms with Crippen LogP contribution in [-0.2, 0) is 13.6 Å². The number of halogens is 1. The lowest BCUT2D eigenvalue weighted by Gasteiger charge is -2.34. The molecule has 5 aromatic rings. The normalized spacial score (nSPS) is 14.2. The maximum Gasteiger partial charge on any atom is 0.260 e. The maximum atomic E-state index is 13.6. The quantitative estimate of drug-likeness (QED) is 0.315. The number of aromatic nitrogens is 5. The highest BCUT2D eigenvalue weighted by molar-refractivity contribution is 6.33. The number of nitrogens with zero attached hydrogens (tertiary/aromatic N) is 7. The molecule has 9 nitrogen and oxygen atoms in total. The zero-order valence-corrected chi connectivity index (χ0v) is 23.6. The first kappa shape index (κ1) is 26.0. The highest BCUT2D eigenvalue weighted by atomic mass is 35.5. The van der Waals surface area contributed by atoms with E-state index in [9.17, 15) is 4.79 Å². The molecule has 1 N–H and O–H groups in total. The Kier molecular flexibility index (Phi) is 7.00. The van der Waals surface area contributed by atoms with Gasteiger partial charge in [0, 0.05) is 90.6 Å². The fourth-order valence-corrected chi connectivity index (χ4v) is 5.42. The van der Waals surface area contributed by atoms with Gasteiger partial charge in [-0.05, 0) is 55.9 Å². The van der Waals surface area contributed by atoms with Crippen LogP contribution >= 0.6 is 11.6 Å². The number of anilines is 3. The number of nitrogens with one attached hydrogen (secondary N) is 1. The van der Waals surface area contributed by atoms with Crippen molar-refractivity contribution in [1.29, 1.82) is 0 Å². The molecule has 6 rings (SSSR count). The Bertz CT molecular complexity index is 1740. The van der Waals surface area contributed by atoms with Crippen LogP contribution in [0, 0.1) is 0 Å². The van der Waals surface area contributed by atoms with Gasteiger partial charge in [0.15, 0.2) is 0 Å². The Labute approximate surface area is 237 Å². The Morgan fingerprint density at radius 1 is 0.925 bits per heavy atom. The average Bonchev–Trinajstić information content (AvgIpc) is 3.40. The van der Waals surface area contributed by atoms with Crippen molar-refractivity contribution in [2.75, 3.05) is 43.4 Å². The summed E-state index contributed by atoms with van der Waals surface area (Å²) in [4.78, 5) is 27.6. The van der Waals surface area contributed by atoms with Gasteiger partial charge in [-0.1, -0.05) is 23.7 Å². The molecule has 1 saturated heterocycles. The van der Waals surface area contributed by atoms with Crippen LogP contribution in [0.1, 0.15) is 6.92 Å². The molecule has 0 spiro atoms. The fraction of sp³-hybridized carbons (Fsp3) is 0.267. The molecule has 2 aromatic carbocycles. The Balaban J connectivity index is 1.28. The molecule has 0 amide bonds. The molecular weight excluding hydrogens is 524 g/mol. The second-order valence-corrected chi connectivity index (χ2v) is 10.5. The van der Waals surface area contributed by atoms with Crippen molar-refractivity contribution in [3.8, 4) is 22.3 Å². The number of fused-ring (bicyclic) bond motifs is 1. The predicted molar refractivity (Wildman–Crippen MR) is 162 cm³/mol. The molecule has 0 atom stereocenters. The summed E-state index contributed by atoms with van der Waals surface area (Å²) in [5.41, 5.74) is 5.61. The molecule has 0 aliphatic carbocycles. The second kappa shape index (κ2) is 10.7. The average molecular weight is 555 g/mol. The van der Waals surface area contributed by atoms with Gasteiger partial charge in [0.25, 0.3) is 5.56 Å².